The standard InChI is InChI=1S/C14H25N3O2/c1-14(7-3-6-11(14)15)13(19)17-8-4-5-10(9-17)12(18)16-2/h10-11H,3-9,15H2,1-2H3,(H,16,18). The smallest absolute Gasteiger partial charge is 0.230 e. The van der Waals surface area contributed by atoms with Crippen LogP contribution in [0.15, 0.2) is 0 Å². The molecule has 1 aliphatic carbocycles. The molecule has 0 aromatic rings. The molecule has 5 heteroatoms. The first-order valence-electron chi connectivity index (χ1n) is 7.25. The molecule has 0 radical (unpaired) electrons. The fraction of sp³-hybridized carbons (Fsp3) is 0.857. The van der Waals surface area contributed by atoms with Crippen LogP contribution in [0.25, 0.3) is 0 Å². The fourth-order valence-electron chi connectivity index (χ4n) is 3.40. The molecular formula is C14H25N3O2. The lowest BCUT2D eigenvalue weighted by Crippen LogP contribution is -2.53. The molecule has 1 aliphatic heterocycles. The number of hydrogen-bond acceptors (Lipinski definition) is 3. The van der Waals surface area contributed by atoms with Crippen LogP contribution in [0.5, 0.6) is 0 Å². The number of piperidine rings is 1. The molecule has 2 rings (SSSR count). The molecule has 3 N–H and O–H groups in total. The molecule has 3 unspecified atom stereocenters. The molecule has 0 spiro atoms. The van der Waals surface area contributed by atoms with Gasteiger partial charge < -0.3 is 16.0 Å². The van der Waals surface area contributed by atoms with Crippen molar-refractivity contribution in [1.82, 2.24) is 10.2 Å². The van der Waals surface area contributed by atoms with Gasteiger partial charge in [-0.15, -0.1) is 0 Å². The van der Waals surface area contributed by atoms with Crippen LogP contribution in [0.3, 0.4) is 0 Å². The van der Waals surface area contributed by atoms with Crippen molar-refractivity contribution in [2.75, 3.05) is 20.1 Å². The minimum absolute atomic E-state index is 0.0402. The molecule has 0 aromatic heterocycles. The monoisotopic (exact) mass is 267 g/mol. The first-order valence-corrected chi connectivity index (χ1v) is 7.25. The Hall–Kier alpha value is -1.10. The lowest BCUT2D eigenvalue weighted by Gasteiger charge is -2.38. The second-order valence-electron chi connectivity index (χ2n) is 6.12. The lowest BCUT2D eigenvalue weighted by atomic mass is 9.82. The maximum absolute atomic E-state index is 12.7. The molecule has 1 saturated heterocycles. The Morgan fingerprint density at radius 3 is 2.63 bits per heavy atom. The van der Waals surface area contributed by atoms with Crippen LogP contribution in [-0.4, -0.2) is 42.9 Å². The van der Waals surface area contributed by atoms with Crippen molar-refractivity contribution in [2.24, 2.45) is 17.1 Å². The summed E-state index contributed by atoms with van der Waals surface area (Å²) in [4.78, 5) is 26.3. The van der Waals surface area contributed by atoms with Crippen molar-refractivity contribution in [3.63, 3.8) is 0 Å². The topological polar surface area (TPSA) is 75.4 Å². The number of rotatable bonds is 2. The Labute approximate surface area is 114 Å². The van der Waals surface area contributed by atoms with Gasteiger partial charge in [0.15, 0.2) is 0 Å². The predicted molar refractivity (Wildman–Crippen MR) is 73.3 cm³/mol. The lowest BCUT2D eigenvalue weighted by molar-refractivity contribution is -0.144. The number of amides is 2. The minimum atomic E-state index is -0.426. The molecule has 2 fully saturated rings. The zero-order valence-corrected chi connectivity index (χ0v) is 11.9. The Morgan fingerprint density at radius 2 is 2.05 bits per heavy atom. The highest BCUT2D eigenvalue weighted by molar-refractivity contribution is 5.85. The summed E-state index contributed by atoms with van der Waals surface area (Å²) in [5.74, 6) is 0.119. The van der Waals surface area contributed by atoms with E-state index in [1.165, 1.54) is 0 Å². The molecule has 1 saturated carbocycles. The van der Waals surface area contributed by atoms with Crippen LogP contribution in [0.4, 0.5) is 0 Å². The summed E-state index contributed by atoms with van der Waals surface area (Å²) in [5.41, 5.74) is 5.69. The second kappa shape index (κ2) is 5.49. The van der Waals surface area contributed by atoms with Gasteiger partial charge in [0.25, 0.3) is 0 Å². The quantitative estimate of drug-likeness (QED) is 0.764. The van der Waals surface area contributed by atoms with E-state index in [1.807, 2.05) is 11.8 Å². The van der Waals surface area contributed by atoms with E-state index < -0.39 is 5.41 Å². The van der Waals surface area contributed by atoms with Gasteiger partial charge in [-0.3, -0.25) is 9.59 Å². The molecule has 2 aliphatic rings. The summed E-state index contributed by atoms with van der Waals surface area (Å²) in [6.45, 7) is 3.28. The average molecular weight is 267 g/mol. The molecule has 1 heterocycles. The first kappa shape index (κ1) is 14.3. The van der Waals surface area contributed by atoms with Crippen molar-refractivity contribution in [1.29, 1.82) is 0 Å². The normalized spacial score (nSPS) is 35.2. The molecule has 19 heavy (non-hydrogen) atoms. The highest BCUT2D eigenvalue weighted by Crippen LogP contribution is 2.39. The molecule has 108 valence electrons. The van der Waals surface area contributed by atoms with E-state index in [4.69, 9.17) is 5.73 Å². The van der Waals surface area contributed by atoms with Gasteiger partial charge in [0.05, 0.1) is 11.3 Å². The fourth-order valence-corrected chi connectivity index (χ4v) is 3.40. The number of likely N-dealkylation sites (tertiary alicyclic amines) is 1. The van der Waals surface area contributed by atoms with Gasteiger partial charge in [-0.05, 0) is 32.6 Å². The molecule has 2 amide bonds. The van der Waals surface area contributed by atoms with Gasteiger partial charge in [-0.1, -0.05) is 6.42 Å². The molecular weight excluding hydrogens is 242 g/mol. The summed E-state index contributed by atoms with van der Waals surface area (Å²) in [5, 5.41) is 2.68. The van der Waals surface area contributed by atoms with E-state index in [0.29, 0.717) is 6.54 Å². The van der Waals surface area contributed by atoms with Crippen LogP contribution in [0, 0.1) is 11.3 Å². The predicted octanol–water partition coefficient (Wildman–Crippen LogP) is 0.489. The molecule has 5 nitrogen and oxygen atoms in total. The zero-order valence-electron chi connectivity index (χ0n) is 11.9. The largest absolute Gasteiger partial charge is 0.359 e. The third-order valence-corrected chi connectivity index (χ3v) is 4.84. The minimum Gasteiger partial charge on any atom is -0.359 e. The van der Waals surface area contributed by atoms with E-state index in [1.54, 1.807) is 7.05 Å². The van der Waals surface area contributed by atoms with E-state index in [9.17, 15) is 9.59 Å². The average Bonchev–Trinajstić information content (AvgIpc) is 2.78. The summed E-state index contributed by atoms with van der Waals surface area (Å²) < 4.78 is 0. The van der Waals surface area contributed by atoms with Crippen molar-refractivity contribution in [3.05, 3.63) is 0 Å². The van der Waals surface area contributed by atoms with Crippen LogP contribution < -0.4 is 11.1 Å². The SMILES string of the molecule is CNC(=O)C1CCCN(C(=O)C2(C)CCCC2N)C1. The van der Waals surface area contributed by atoms with Crippen molar-refractivity contribution in [2.45, 2.75) is 45.1 Å². The number of nitrogens with two attached hydrogens (primary N) is 1. The van der Waals surface area contributed by atoms with E-state index in [0.717, 1.165) is 38.6 Å². The van der Waals surface area contributed by atoms with Crippen molar-refractivity contribution >= 4 is 11.8 Å². The Morgan fingerprint density at radius 1 is 1.32 bits per heavy atom. The Balaban J connectivity index is 2.05. The third kappa shape index (κ3) is 2.61. The van der Waals surface area contributed by atoms with E-state index >= 15 is 0 Å². The second-order valence-corrected chi connectivity index (χ2v) is 6.12. The number of nitrogens with zero attached hydrogens (tertiary/aromatic N) is 1. The zero-order chi connectivity index (χ0) is 14.0. The van der Waals surface area contributed by atoms with Crippen LogP contribution >= 0.6 is 0 Å². The number of carbonyl (C=O) groups excluding carboxylic acids is 2. The van der Waals surface area contributed by atoms with Crippen molar-refractivity contribution < 1.29 is 9.59 Å². The number of carbonyl (C=O) groups is 2. The summed E-state index contributed by atoms with van der Waals surface area (Å²) in [6, 6.07) is -0.0413. The number of hydrogen-bond donors (Lipinski definition) is 2. The van der Waals surface area contributed by atoms with Crippen molar-refractivity contribution in [3.8, 4) is 0 Å². The van der Waals surface area contributed by atoms with Gasteiger partial charge in [0.1, 0.15) is 0 Å². The highest BCUT2D eigenvalue weighted by Gasteiger charge is 2.46. The maximum atomic E-state index is 12.7. The van der Waals surface area contributed by atoms with E-state index in [-0.39, 0.29) is 23.8 Å². The summed E-state index contributed by atoms with van der Waals surface area (Å²) in [6.07, 6.45) is 4.58. The maximum Gasteiger partial charge on any atom is 0.230 e. The van der Waals surface area contributed by atoms with E-state index in [2.05, 4.69) is 5.32 Å². The Kier molecular flexibility index (Phi) is 4.13. The number of nitrogens with one attached hydrogen (secondary N) is 1. The van der Waals surface area contributed by atoms with Crippen LogP contribution in [-0.2, 0) is 9.59 Å². The van der Waals surface area contributed by atoms with Gasteiger partial charge in [0, 0.05) is 26.2 Å². The van der Waals surface area contributed by atoms with Gasteiger partial charge in [0.2, 0.25) is 11.8 Å². The van der Waals surface area contributed by atoms with Crippen LogP contribution in [0.2, 0.25) is 0 Å². The van der Waals surface area contributed by atoms with Crippen LogP contribution in [0.1, 0.15) is 39.0 Å². The summed E-state index contributed by atoms with van der Waals surface area (Å²) >= 11 is 0. The van der Waals surface area contributed by atoms with Gasteiger partial charge >= 0.3 is 0 Å². The molecule has 0 bridgehead atoms. The highest BCUT2D eigenvalue weighted by atomic mass is 16.2. The Bertz CT molecular complexity index is 372. The van der Waals surface area contributed by atoms with Gasteiger partial charge in [-0.25, -0.2) is 0 Å². The van der Waals surface area contributed by atoms with Gasteiger partial charge in [-0.2, -0.15) is 0 Å². The molecule has 3 atom stereocenters. The third-order valence-electron chi connectivity index (χ3n) is 4.84. The first-order chi connectivity index (χ1) is 8.99. The molecule has 0 aromatic carbocycles. The summed E-state index contributed by atoms with van der Waals surface area (Å²) in [7, 11) is 1.65.